The summed E-state index contributed by atoms with van der Waals surface area (Å²) in [7, 11) is 2.07. The molecule has 1 aliphatic heterocycles. The maximum Gasteiger partial charge on any atom is 0.120 e. The molecule has 2 rings (SSSR count). The molecule has 0 spiro atoms. The zero-order chi connectivity index (χ0) is 8.72. The maximum atomic E-state index is 9.54. The molecule has 0 aromatic heterocycles. The predicted octanol–water partition coefficient (Wildman–Crippen LogP) is 1.90. The molecule has 64 valence electrons. The third-order valence-corrected chi connectivity index (χ3v) is 2.71. The Bertz CT molecular complexity index is 309. The Kier molecular flexibility index (Phi) is 1.58. The first-order valence-electron chi connectivity index (χ1n) is 4.21. The Balaban J connectivity index is 2.53. The first-order chi connectivity index (χ1) is 5.70. The number of aromatic hydroxyl groups is 1. The van der Waals surface area contributed by atoms with Crippen molar-refractivity contribution in [3.05, 3.63) is 29.3 Å². The van der Waals surface area contributed by atoms with Crippen LogP contribution in [0.25, 0.3) is 0 Å². The summed E-state index contributed by atoms with van der Waals surface area (Å²) in [5.74, 6) is 0.434. The van der Waals surface area contributed by atoms with Gasteiger partial charge < -0.3 is 5.11 Å². The van der Waals surface area contributed by atoms with Gasteiger partial charge in [-0.3, -0.25) is 4.90 Å². The topological polar surface area (TPSA) is 23.5 Å². The van der Waals surface area contributed by atoms with E-state index in [-0.39, 0.29) is 0 Å². The van der Waals surface area contributed by atoms with Crippen molar-refractivity contribution in [2.45, 2.75) is 19.5 Å². The van der Waals surface area contributed by atoms with Gasteiger partial charge in [-0.15, -0.1) is 0 Å². The Morgan fingerprint density at radius 1 is 1.50 bits per heavy atom. The van der Waals surface area contributed by atoms with Crippen LogP contribution in [0.15, 0.2) is 18.2 Å². The van der Waals surface area contributed by atoms with Crippen LogP contribution < -0.4 is 0 Å². The first-order valence-corrected chi connectivity index (χ1v) is 4.21. The normalized spacial score (nSPS) is 22.7. The molecule has 0 amide bonds. The van der Waals surface area contributed by atoms with Crippen molar-refractivity contribution in [3.63, 3.8) is 0 Å². The molecule has 1 heterocycles. The van der Waals surface area contributed by atoms with Gasteiger partial charge >= 0.3 is 0 Å². The fourth-order valence-electron chi connectivity index (χ4n) is 1.78. The van der Waals surface area contributed by atoms with Crippen molar-refractivity contribution in [2.75, 3.05) is 7.05 Å². The summed E-state index contributed by atoms with van der Waals surface area (Å²) in [6, 6.07) is 6.18. The largest absolute Gasteiger partial charge is 0.508 e. The number of hydrogen-bond acceptors (Lipinski definition) is 2. The van der Waals surface area contributed by atoms with E-state index in [2.05, 4.69) is 24.9 Å². The van der Waals surface area contributed by atoms with E-state index in [0.29, 0.717) is 11.8 Å². The molecule has 0 aliphatic carbocycles. The van der Waals surface area contributed by atoms with Gasteiger partial charge in [-0.1, -0.05) is 12.1 Å². The summed E-state index contributed by atoms with van der Waals surface area (Å²) in [6.07, 6.45) is 0. The van der Waals surface area contributed by atoms with Crippen molar-refractivity contribution in [1.29, 1.82) is 0 Å². The van der Waals surface area contributed by atoms with Gasteiger partial charge in [0.15, 0.2) is 0 Å². The minimum atomic E-state index is 0.434. The monoisotopic (exact) mass is 163 g/mol. The van der Waals surface area contributed by atoms with Crippen LogP contribution in [-0.4, -0.2) is 17.1 Å². The third kappa shape index (κ3) is 0.916. The molecule has 2 nitrogen and oxygen atoms in total. The highest BCUT2D eigenvalue weighted by molar-refractivity contribution is 5.43. The summed E-state index contributed by atoms with van der Waals surface area (Å²) in [5.41, 5.74) is 2.35. The number of hydrogen-bond donors (Lipinski definition) is 1. The van der Waals surface area contributed by atoms with Gasteiger partial charge in [-0.2, -0.15) is 0 Å². The molecule has 1 aromatic carbocycles. The van der Waals surface area contributed by atoms with Crippen LogP contribution in [0.1, 0.15) is 24.1 Å². The summed E-state index contributed by atoms with van der Waals surface area (Å²) >= 11 is 0. The number of nitrogens with zero attached hydrogens (tertiary/aromatic N) is 1. The molecule has 1 atom stereocenters. The standard InChI is InChI=1S/C10H13NO/c1-7-8-4-3-5-10(12)9(8)6-11(7)2/h3-5,7,12H,6H2,1-2H3/t7-/m0/s1. The highest BCUT2D eigenvalue weighted by atomic mass is 16.3. The second-order valence-corrected chi connectivity index (χ2v) is 3.44. The lowest BCUT2D eigenvalue weighted by atomic mass is 10.1. The molecule has 0 unspecified atom stereocenters. The van der Waals surface area contributed by atoms with Crippen molar-refractivity contribution < 1.29 is 5.11 Å². The third-order valence-electron chi connectivity index (χ3n) is 2.71. The zero-order valence-corrected chi connectivity index (χ0v) is 7.41. The van der Waals surface area contributed by atoms with E-state index < -0.39 is 0 Å². The molecule has 12 heavy (non-hydrogen) atoms. The van der Waals surface area contributed by atoms with Gasteiger partial charge in [-0.05, 0) is 25.6 Å². The van der Waals surface area contributed by atoms with E-state index in [9.17, 15) is 5.11 Å². The lowest BCUT2D eigenvalue weighted by molar-refractivity contribution is 0.285. The second-order valence-electron chi connectivity index (χ2n) is 3.44. The number of benzene rings is 1. The van der Waals surface area contributed by atoms with Crippen LogP contribution in [0.4, 0.5) is 0 Å². The van der Waals surface area contributed by atoms with Gasteiger partial charge in [0.2, 0.25) is 0 Å². The highest BCUT2D eigenvalue weighted by Crippen LogP contribution is 2.36. The minimum absolute atomic E-state index is 0.434. The molecule has 2 heteroatoms. The van der Waals surface area contributed by atoms with Crippen LogP contribution in [-0.2, 0) is 6.54 Å². The van der Waals surface area contributed by atoms with E-state index in [1.165, 1.54) is 5.56 Å². The maximum absolute atomic E-state index is 9.54. The van der Waals surface area contributed by atoms with Gasteiger partial charge in [0, 0.05) is 18.2 Å². The van der Waals surface area contributed by atoms with E-state index in [1.807, 2.05) is 6.07 Å². The van der Waals surface area contributed by atoms with E-state index in [1.54, 1.807) is 6.07 Å². The smallest absolute Gasteiger partial charge is 0.120 e. The Morgan fingerprint density at radius 3 is 2.92 bits per heavy atom. The second kappa shape index (κ2) is 2.49. The first kappa shape index (κ1) is 7.62. The van der Waals surface area contributed by atoms with Gasteiger partial charge in [0.1, 0.15) is 5.75 Å². The van der Waals surface area contributed by atoms with Gasteiger partial charge in [-0.25, -0.2) is 0 Å². The molecule has 0 saturated carbocycles. The fraction of sp³-hybridized carbons (Fsp3) is 0.400. The SMILES string of the molecule is C[C@H]1c2cccc(O)c2CN1C. The quantitative estimate of drug-likeness (QED) is 0.631. The molecule has 1 N–H and O–H groups in total. The van der Waals surface area contributed by atoms with Crippen molar-refractivity contribution >= 4 is 0 Å². The van der Waals surface area contributed by atoms with Crippen LogP contribution >= 0.6 is 0 Å². The molecule has 0 radical (unpaired) electrons. The van der Waals surface area contributed by atoms with E-state index in [4.69, 9.17) is 0 Å². The number of rotatable bonds is 0. The summed E-state index contributed by atoms with van der Waals surface area (Å²) in [5, 5.41) is 9.54. The molecule has 0 saturated heterocycles. The Morgan fingerprint density at radius 2 is 2.25 bits per heavy atom. The fourth-order valence-corrected chi connectivity index (χ4v) is 1.78. The Hall–Kier alpha value is -1.02. The van der Waals surface area contributed by atoms with Gasteiger partial charge in [0.25, 0.3) is 0 Å². The molecular formula is C10H13NO. The summed E-state index contributed by atoms with van der Waals surface area (Å²) < 4.78 is 0. The van der Waals surface area contributed by atoms with Crippen molar-refractivity contribution in [1.82, 2.24) is 4.90 Å². The van der Waals surface area contributed by atoms with E-state index in [0.717, 1.165) is 12.1 Å². The number of phenolic OH excluding ortho intramolecular Hbond substituents is 1. The average Bonchev–Trinajstić information content (AvgIpc) is 2.32. The van der Waals surface area contributed by atoms with Crippen LogP contribution in [0.2, 0.25) is 0 Å². The Labute approximate surface area is 72.4 Å². The molecule has 1 aromatic rings. The lowest BCUT2D eigenvalue weighted by Crippen LogP contribution is -2.12. The molecule has 0 bridgehead atoms. The van der Waals surface area contributed by atoms with E-state index >= 15 is 0 Å². The van der Waals surface area contributed by atoms with Crippen LogP contribution in [0.3, 0.4) is 0 Å². The summed E-state index contributed by atoms with van der Waals surface area (Å²) in [6.45, 7) is 3.02. The lowest BCUT2D eigenvalue weighted by Gasteiger charge is -2.13. The zero-order valence-electron chi connectivity index (χ0n) is 7.41. The summed E-state index contributed by atoms with van der Waals surface area (Å²) in [4.78, 5) is 2.23. The molecular weight excluding hydrogens is 150 g/mol. The van der Waals surface area contributed by atoms with Crippen molar-refractivity contribution in [2.24, 2.45) is 0 Å². The molecule has 0 fully saturated rings. The molecule has 1 aliphatic rings. The van der Waals surface area contributed by atoms with Crippen molar-refractivity contribution in [3.8, 4) is 5.75 Å². The highest BCUT2D eigenvalue weighted by Gasteiger charge is 2.25. The minimum Gasteiger partial charge on any atom is -0.508 e. The predicted molar refractivity (Wildman–Crippen MR) is 48.0 cm³/mol. The van der Waals surface area contributed by atoms with Crippen LogP contribution in [0, 0.1) is 0 Å². The van der Waals surface area contributed by atoms with Crippen LogP contribution in [0.5, 0.6) is 5.75 Å². The number of fused-ring (bicyclic) bond motifs is 1. The average molecular weight is 163 g/mol. The number of phenols is 1. The van der Waals surface area contributed by atoms with Gasteiger partial charge in [0.05, 0.1) is 0 Å².